The largest absolute Gasteiger partial charge is 0.452 e. The van der Waals surface area contributed by atoms with Crippen molar-refractivity contribution in [1.82, 2.24) is 15.5 Å². The maximum absolute atomic E-state index is 14.2. The van der Waals surface area contributed by atoms with E-state index in [2.05, 4.69) is 10.6 Å². The third-order valence-corrected chi connectivity index (χ3v) is 8.58. The van der Waals surface area contributed by atoms with Crippen molar-refractivity contribution >= 4 is 35.5 Å². The van der Waals surface area contributed by atoms with E-state index in [4.69, 9.17) is 4.74 Å². The molecule has 45 heavy (non-hydrogen) atoms. The molecule has 0 bridgehead atoms. The summed E-state index contributed by atoms with van der Waals surface area (Å²) < 4.78 is 46.1. The summed E-state index contributed by atoms with van der Waals surface area (Å²) in [5.41, 5.74) is 1.86. The second-order valence-corrected chi connectivity index (χ2v) is 12.0. The number of Topliss-reactive ketones (excluding diaryl/α,β-unsaturated/α-hetero) is 1. The molecule has 0 saturated carbocycles. The first-order chi connectivity index (χ1) is 21.5. The van der Waals surface area contributed by atoms with Crippen LogP contribution in [0.1, 0.15) is 35.9 Å². The lowest BCUT2D eigenvalue weighted by Gasteiger charge is -2.34. The van der Waals surface area contributed by atoms with Crippen LogP contribution < -0.4 is 10.6 Å². The molecule has 2 N–H and O–H groups in total. The number of carbonyl (C=O) groups is 4. The lowest BCUT2D eigenvalue weighted by molar-refractivity contribution is -0.173. The summed E-state index contributed by atoms with van der Waals surface area (Å²) >= 11 is 1.26. The maximum atomic E-state index is 14.2. The van der Waals surface area contributed by atoms with Gasteiger partial charge in [-0.1, -0.05) is 105 Å². The van der Waals surface area contributed by atoms with Gasteiger partial charge in [0.25, 0.3) is 5.78 Å². The molecule has 1 aliphatic rings. The van der Waals surface area contributed by atoms with E-state index in [1.165, 1.54) is 16.7 Å². The molecule has 1 fully saturated rings. The van der Waals surface area contributed by atoms with Crippen LogP contribution in [0.5, 0.6) is 0 Å². The lowest BCUT2D eigenvalue weighted by Crippen LogP contribution is -2.58. The Balaban J connectivity index is 1.59. The molecule has 1 heterocycles. The topological polar surface area (TPSA) is 105 Å². The van der Waals surface area contributed by atoms with Crippen molar-refractivity contribution in [1.29, 1.82) is 0 Å². The quantitative estimate of drug-likeness (QED) is 0.289. The molecule has 3 amide bonds. The summed E-state index contributed by atoms with van der Waals surface area (Å²) in [5, 5.41) is 4.22. The Morgan fingerprint density at radius 2 is 1.42 bits per heavy atom. The number of carbonyl (C=O) groups excluding carboxylic acids is 4. The summed E-state index contributed by atoms with van der Waals surface area (Å²) in [6, 6.07) is 21.6. The fourth-order valence-corrected chi connectivity index (χ4v) is 6.38. The number of halogens is 3. The van der Waals surface area contributed by atoms with Crippen LogP contribution >= 0.6 is 11.8 Å². The minimum Gasteiger partial charge on any atom is -0.445 e. The molecule has 3 aromatic rings. The number of hydrogen-bond donors (Lipinski definition) is 2. The van der Waals surface area contributed by atoms with Crippen LogP contribution in [0, 0.1) is 5.92 Å². The Kier molecular flexibility index (Phi) is 11.3. The van der Waals surface area contributed by atoms with E-state index in [-0.39, 0.29) is 18.8 Å². The number of alkyl halides is 3. The van der Waals surface area contributed by atoms with Gasteiger partial charge in [-0.05, 0) is 22.6 Å². The van der Waals surface area contributed by atoms with E-state index in [1.54, 1.807) is 98.8 Å². The molecule has 8 nitrogen and oxygen atoms in total. The molecular formula is C33H34F3N3O5S. The number of ether oxygens (including phenoxy) is 1. The molecule has 4 atom stereocenters. The third-order valence-electron chi connectivity index (χ3n) is 7.26. The highest BCUT2D eigenvalue weighted by Gasteiger charge is 2.48. The second kappa shape index (κ2) is 15.1. The number of ketones is 1. The zero-order valence-corrected chi connectivity index (χ0v) is 25.5. The second-order valence-electron chi connectivity index (χ2n) is 10.9. The average Bonchev–Trinajstić information content (AvgIpc) is 3.48. The third kappa shape index (κ3) is 8.87. The standard InChI is InChI=1S/C33H34F3N3O5S/c1-21(2)27(38-32(43)44-19-23-14-8-4-9-15-23)30(42)39-26(20-45-31(39)24-16-10-5-11-17-24)29(41)37-25(28(40)33(34,35)36)18-22-12-6-3-7-13-22/h3-17,21,25-27,31H,18-20H2,1-2H3,(H,37,41)(H,38,43)/t25?,26-,27-,31?/m0/s1. The number of benzene rings is 3. The zero-order valence-electron chi connectivity index (χ0n) is 24.7. The first-order valence-corrected chi connectivity index (χ1v) is 15.4. The number of alkyl carbamates (subject to hydrolysis) is 1. The van der Waals surface area contributed by atoms with Gasteiger partial charge in [-0.25, -0.2) is 4.79 Å². The van der Waals surface area contributed by atoms with Crippen molar-refractivity contribution in [3.05, 3.63) is 108 Å². The smallest absolute Gasteiger partial charge is 0.445 e. The Labute approximate surface area is 263 Å². The molecule has 1 aliphatic heterocycles. The highest BCUT2D eigenvalue weighted by atomic mass is 32.2. The average molecular weight is 642 g/mol. The van der Waals surface area contributed by atoms with Crippen LogP contribution in [0.15, 0.2) is 91.0 Å². The van der Waals surface area contributed by atoms with Gasteiger partial charge in [0.2, 0.25) is 11.8 Å². The van der Waals surface area contributed by atoms with E-state index >= 15 is 0 Å². The van der Waals surface area contributed by atoms with Crippen LogP contribution in [0.3, 0.4) is 0 Å². The first kappa shape index (κ1) is 33.6. The van der Waals surface area contributed by atoms with Gasteiger partial charge in [0.1, 0.15) is 30.1 Å². The number of nitrogens with one attached hydrogen (secondary N) is 2. The van der Waals surface area contributed by atoms with Crippen molar-refractivity contribution in [2.24, 2.45) is 5.92 Å². The fourth-order valence-electron chi connectivity index (χ4n) is 4.94. The first-order valence-electron chi connectivity index (χ1n) is 14.4. The highest BCUT2D eigenvalue weighted by Crippen LogP contribution is 2.42. The van der Waals surface area contributed by atoms with E-state index in [1.807, 2.05) is 6.07 Å². The number of thioether (sulfide) groups is 1. The van der Waals surface area contributed by atoms with Crippen LogP contribution in [0.4, 0.5) is 18.0 Å². The molecule has 12 heteroatoms. The molecule has 0 spiro atoms. The summed E-state index contributed by atoms with van der Waals surface area (Å²) in [7, 11) is 0. The van der Waals surface area contributed by atoms with Gasteiger partial charge in [-0.15, -0.1) is 11.8 Å². The predicted molar refractivity (Wildman–Crippen MR) is 164 cm³/mol. The zero-order chi connectivity index (χ0) is 32.6. The van der Waals surface area contributed by atoms with Crippen LogP contribution in [0.2, 0.25) is 0 Å². The molecule has 2 unspecified atom stereocenters. The van der Waals surface area contributed by atoms with Gasteiger partial charge < -0.3 is 20.3 Å². The van der Waals surface area contributed by atoms with E-state index in [0.717, 1.165) is 5.56 Å². The summed E-state index contributed by atoms with van der Waals surface area (Å²) in [6.45, 7) is 3.40. The fraction of sp³-hybridized carbons (Fsp3) is 0.333. The molecule has 0 aromatic heterocycles. The Morgan fingerprint density at radius 1 is 0.867 bits per heavy atom. The highest BCUT2D eigenvalue weighted by molar-refractivity contribution is 7.99. The number of nitrogens with zero attached hydrogens (tertiary/aromatic N) is 1. The number of amides is 3. The van der Waals surface area contributed by atoms with Crippen molar-refractivity contribution in [3.8, 4) is 0 Å². The van der Waals surface area contributed by atoms with Gasteiger partial charge >= 0.3 is 12.3 Å². The number of rotatable bonds is 11. The monoisotopic (exact) mass is 641 g/mol. The maximum Gasteiger partial charge on any atom is 0.452 e. The Morgan fingerprint density at radius 3 is 1.98 bits per heavy atom. The van der Waals surface area contributed by atoms with Gasteiger partial charge in [-0.3, -0.25) is 14.4 Å². The van der Waals surface area contributed by atoms with Crippen molar-refractivity contribution in [2.75, 3.05) is 5.75 Å². The normalized spacial score (nSPS) is 17.8. The van der Waals surface area contributed by atoms with Gasteiger partial charge in [0, 0.05) is 12.2 Å². The summed E-state index contributed by atoms with van der Waals surface area (Å²) in [6.07, 6.45) is -6.41. The number of hydrogen-bond acceptors (Lipinski definition) is 6. The predicted octanol–water partition coefficient (Wildman–Crippen LogP) is 5.44. The molecule has 4 rings (SSSR count). The molecular weight excluding hydrogens is 607 g/mol. The van der Waals surface area contributed by atoms with Gasteiger partial charge in [-0.2, -0.15) is 13.2 Å². The van der Waals surface area contributed by atoms with Crippen molar-refractivity contribution < 1.29 is 37.1 Å². The van der Waals surface area contributed by atoms with Crippen LogP contribution in [-0.4, -0.2) is 58.6 Å². The van der Waals surface area contributed by atoms with Crippen LogP contribution in [0.25, 0.3) is 0 Å². The van der Waals surface area contributed by atoms with Crippen LogP contribution in [-0.2, 0) is 32.1 Å². The van der Waals surface area contributed by atoms with Crippen molar-refractivity contribution in [2.45, 2.75) is 56.6 Å². The SMILES string of the molecule is CC(C)[C@H](NC(=O)OCc1ccccc1)C(=O)N1C(c2ccccc2)SC[C@H]1C(=O)NC(Cc1ccccc1)C(=O)C(F)(F)F. The Bertz CT molecular complexity index is 1460. The Hall–Kier alpha value is -4.32. The minimum absolute atomic E-state index is 0.0288. The minimum atomic E-state index is -5.19. The van der Waals surface area contributed by atoms with E-state index in [0.29, 0.717) is 11.1 Å². The molecule has 0 aliphatic carbocycles. The van der Waals surface area contributed by atoms with E-state index in [9.17, 15) is 32.3 Å². The van der Waals surface area contributed by atoms with Gasteiger partial charge in [0.15, 0.2) is 0 Å². The molecule has 3 aromatic carbocycles. The summed E-state index contributed by atoms with van der Waals surface area (Å²) in [4.78, 5) is 54.4. The molecule has 238 valence electrons. The van der Waals surface area contributed by atoms with Gasteiger partial charge in [0.05, 0.1) is 0 Å². The summed E-state index contributed by atoms with van der Waals surface area (Å²) in [5.74, 6) is -3.99. The molecule has 0 radical (unpaired) electrons. The lowest BCUT2D eigenvalue weighted by atomic mass is 10.00. The molecule has 1 saturated heterocycles. The van der Waals surface area contributed by atoms with E-state index < -0.39 is 59.3 Å². The van der Waals surface area contributed by atoms with Crippen molar-refractivity contribution in [3.63, 3.8) is 0 Å².